The van der Waals surface area contributed by atoms with E-state index in [9.17, 15) is 17.2 Å². The molecule has 0 aliphatic heterocycles. The van der Waals surface area contributed by atoms with E-state index in [2.05, 4.69) is 14.9 Å². The average molecular weight is 346 g/mol. The fourth-order valence-corrected chi connectivity index (χ4v) is 3.22. The number of hydrogen-bond acceptors (Lipinski definition) is 6. The van der Waals surface area contributed by atoms with Gasteiger partial charge in [-0.05, 0) is 24.6 Å². The third kappa shape index (κ3) is 4.47. The summed E-state index contributed by atoms with van der Waals surface area (Å²) in [5.41, 5.74) is 0.464. The number of alkyl halides is 2. The Morgan fingerprint density at radius 1 is 1.26 bits per heavy atom. The van der Waals surface area contributed by atoms with Crippen molar-refractivity contribution in [1.29, 1.82) is 0 Å². The van der Waals surface area contributed by atoms with Crippen molar-refractivity contribution in [1.82, 2.24) is 10.1 Å². The van der Waals surface area contributed by atoms with Crippen LogP contribution in [0.5, 0.6) is 5.75 Å². The van der Waals surface area contributed by atoms with Crippen LogP contribution in [0.1, 0.15) is 36.4 Å². The molecule has 0 radical (unpaired) electrons. The number of halogens is 2. The molecule has 0 bridgehead atoms. The lowest BCUT2D eigenvalue weighted by Gasteiger charge is -2.13. The predicted molar refractivity (Wildman–Crippen MR) is 77.8 cm³/mol. The number of aromatic nitrogens is 2. The molecule has 1 heterocycles. The first-order valence-corrected chi connectivity index (χ1v) is 8.61. The Morgan fingerprint density at radius 3 is 2.43 bits per heavy atom. The van der Waals surface area contributed by atoms with Crippen LogP contribution < -0.4 is 4.74 Å². The van der Waals surface area contributed by atoms with Crippen LogP contribution in [0.2, 0.25) is 0 Å². The van der Waals surface area contributed by atoms with Crippen molar-refractivity contribution in [2.45, 2.75) is 37.9 Å². The SMILES string of the molecule is CCc1nc(CS(=O)(=O)C(C)c2ccc(OC(F)F)cc2)no1. The molecule has 9 heteroatoms. The highest BCUT2D eigenvalue weighted by molar-refractivity contribution is 7.90. The molecule has 0 saturated heterocycles. The second kappa shape index (κ2) is 7.03. The smallest absolute Gasteiger partial charge is 0.387 e. The highest BCUT2D eigenvalue weighted by Crippen LogP contribution is 2.26. The van der Waals surface area contributed by atoms with Gasteiger partial charge in [0, 0.05) is 6.42 Å². The molecule has 1 unspecified atom stereocenters. The third-order valence-electron chi connectivity index (χ3n) is 3.26. The number of ether oxygens (including phenoxy) is 1. The summed E-state index contributed by atoms with van der Waals surface area (Å²) in [6, 6.07) is 5.48. The molecule has 6 nitrogen and oxygen atoms in total. The van der Waals surface area contributed by atoms with Gasteiger partial charge in [-0.1, -0.05) is 24.2 Å². The fraction of sp³-hybridized carbons (Fsp3) is 0.429. The zero-order valence-electron chi connectivity index (χ0n) is 12.6. The van der Waals surface area contributed by atoms with E-state index in [1.807, 2.05) is 6.92 Å². The van der Waals surface area contributed by atoms with Crippen LogP contribution >= 0.6 is 0 Å². The number of rotatable bonds is 7. The van der Waals surface area contributed by atoms with Crippen molar-refractivity contribution in [2.75, 3.05) is 0 Å². The normalized spacial score (nSPS) is 13.3. The van der Waals surface area contributed by atoms with E-state index in [0.717, 1.165) is 0 Å². The zero-order chi connectivity index (χ0) is 17.0. The Morgan fingerprint density at radius 2 is 1.91 bits per heavy atom. The highest BCUT2D eigenvalue weighted by Gasteiger charge is 2.25. The van der Waals surface area contributed by atoms with Gasteiger partial charge in [0.05, 0.1) is 5.25 Å². The zero-order valence-corrected chi connectivity index (χ0v) is 13.4. The molecule has 0 spiro atoms. The second-order valence-corrected chi connectivity index (χ2v) is 7.18. The van der Waals surface area contributed by atoms with Gasteiger partial charge >= 0.3 is 6.61 Å². The van der Waals surface area contributed by atoms with Crippen LogP contribution in [0.15, 0.2) is 28.8 Å². The van der Waals surface area contributed by atoms with E-state index in [1.165, 1.54) is 31.2 Å². The molecule has 126 valence electrons. The maximum absolute atomic E-state index is 12.4. The lowest BCUT2D eigenvalue weighted by molar-refractivity contribution is -0.0498. The molecule has 0 saturated carbocycles. The predicted octanol–water partition coefficient (Wildman–Crippen LogP) is 2.91. The minimum Gasteiger partial charge on any atom is -0.435 e. The number of hydrogen-bond donors (Lipinski definition) is 0. The molecule has 0 fully saturated rings. The van der Waals surface area contributed by atoms with Crippen LogP contribution in [0.25, 0.3) is 0 Å². The van der Waals surface area contributed by atoms with Crippen molar-refractivity contribution in [2.24, 2.45) is 0 Å². The standard InChI is InChI=1S/C14H16F2N2O4S/c1-3-13-17-12(18-22-13)8-23(19,20)9(2)10-4-6-11(7-5-10)21-14(15)16/h4-7,9,14H,3,8H2,1-2H3. The Bertz CT molecular complexity index is 744. The van der Waals surface area contributed by atoms with Crippen LogP contribution in [-0.4, -0.2) is 25.2 Å². The lowest BCUT2D eigenvalue weighted by atomic mass is 10.2. The number of aryl methyl sites for hydroxylation is 1. The van der Waals surface area contributed by atoms with Crippen LogP contribution in [0.4, 0.5) is 8.78 Å². The van der Waals surface area contributed by atoms with Gasteiger partial charge in [-0.15, -0.1) is 0 Å². The molecule has 0 amide bonds. The molecule has 0 aliphatic rings. The van der Waals surface area contributed by atoms with E-state index in [4.69, 9.17) is 4.52 Å². The van der Waals surface area contributed by atoms with Gasteiger partial charge in [0.15, 0.2) is 15.7 Å². The van der Waals surface area contributed by atoms with Crippen molar-refractivity contribution in [3.05, 3.63) is 41.5 Å². The van der Waals surface area contributed by atoms with Crippen molar-refractivity contribution in [3.63, 3.8) is 0 Å². The average Bonchev–Trinajstić information content (AvgIpc) is 2.93. The maximum Gasteiger partial charge on any atom is 0.387 e. The van der Waals surface area contributed by atoms with Gasteiger partial charge in [0.1, 0.15) is 11.5 Å². The molecule has 1 aromatic carbocycles. The Labute approximate surface area is 132 Å². The second-order valence-electron chi connectivity index (χ2n) is 4.85. The third-order valence-corrected chi connectivity index (χ3v) is 5.27. The van der Waals surface area contributed by atoms with Crippen molar-refractivity contribution >= 4 is 9.84 Å². The van der Waals surface area contributed by atoms with E-state index in [-0.39, 0.29) is 17.3 Å². The molecule has 2 aromatic rings. The minimum absolute atomic E-state index is 0.0286. The van der Waals surface area contributed by atoms with Gasteiger partial charge in [-0.2, -0.15) is 13.8 Å². The first-order chi connectivity index (χ1) is 10.8. The van der Waals surface area contributed by atoms with Gasteiger partial charge in [0.25, 0.3) is 0 Å². The van der Waals surface area contributed by atoms with E-state index in [1.54, 1.807) is 0 Å². The summed E-state index contributed by atoms with van der Waals surface area (Å²) in [6.45, 7) is 0.407. The highest BCUT2D eigenvalue weighted by atomic mass is 32.2. The van der Waals surface area contributed by atoms with Crippen molar-refractivity contribution in [3.8, 4) is 5.75 Å². The number of benzene rings is 1. The molecule has 0 N–H and O–H groups in total. The summed E-state index contributed by atoms with van der Waals surface area (Å²) in [7, 11) is -3.57. The summed E-state index contributed by atoms with van der Waals surface area (Å²) in [4.78, 5) is 3.98. The molecule has 2 rings (SSSR count). The summed E-state index contributed by atoms with van der Waals surface area (Å²) >= 11 is 0. The molecule has 1 aromatic heterocycles. The Kier molecular flexibility index (Phi) is 5.30. The number of nitrogens with zero attached hydrogens (tertiary/aromatic N) is 2. The number of sulfone groups is 1. The summed E-state index contributed by atoms with van der Waals surface area (Å²) < 4.78 is 58.1. The summed E-state index contributed by atoms with van der Waals surface area (Å²) in [5.74, 6) is 0.0919. The Balaban J connectivity index is 2.12. The first kappa shape index (κ1) is 17.3. The molecule has 1 atom stereocenters. The molecule has 23 heavy (non-hydrogen) atoms. The van der Waals surface area contributed by atoms with Crippen molar-refractivity contribution < 1.29 is 26.5 Å². The van der Waals surface area contributed by atoms with E-state index < -0.39 is 21.7 Å². The Hall–Kier alpha value is -2.03. The largest absolute Gasteiger partial charge is 0.435 e. The van der Waals surface area contributed by atoms with Crippen LogP contribution in [0.3, 0.4) is 0 Å². The monoisotopic (exact) mass is 346 g/mol. The summed E-state index contributed by atoms with van der Waals surface area (Å²) in [6.07, 6.45) is 0.522. The van der Waals surface area contributed by atoms with Crippen LogP contribution in [-0.2, 0) is 22.0 Å². The molecular formula is C14H16F2N2O4S. The van der Waals surface area contributed by atoms with Gasteiger partial charge in [-0.3, -0.25) is 0 Å². The first-order valence-electron chi connectivity index (χ1n) is 6.89. The van der Waals surface area contributed by atoms with E-state index in [0.29, 0.717) is 17.9 Å². The van der Waals surface area contributed by atoms with Gasteiger partial charge < -0.3 is 9.26 Å². The van der Waals surface area contributed by atoms with Crippen LogP contribution in [0, 0.1) is 0 Å². The minimum atomic E-state index is -3.57. The van der Waals surface area contributed by atoms with Gasteiger partial charge in [-0.25, -0.2) is 8.42 Å². The lowest BCUT2D eigenvalue weighted by Crippen LogP contribution is -2.14. The maximum atomic E-state index is 12.4. The molecular weight excluding hydrogens is 330 g/mol. The summed E-state index contributed by atoms with van der Waals surface area (Å²) in [5, 5.41) is 2.79. The molecule has 0 aliphatic carbocycles. The van der Waals surface area contributed by atoms with E-state index >= 15 is 0 Å². The fourth-order valence-electron chi connectivity index (χ4n) is 1.92. The topological polar surface area (TPSA) is 82.3 Å². The van der Waals surface area contributed by atoms with Gasteiger partial charge in [0.2, 0.25) is 5.89 Å². The quantitative estimate of drug-likeness (QED) is 0.767.